The van der Waals surface area contributed by atoms with Gasteiger partial charge in [-0.2, -0.15) is 0 Å². The summed E-state index contributed by atoms with van der Waals surface area (Å²) in [5, 5.41) is 0. The van der Waals surface area contributed by atoms with Crippen LogP contribution in [0.3, 0.4) is 0 Å². The molecule has 0 aliphatic carbocycles. The number of nitrogens with zero attached hydrogens (tertiary/aromatic N) is 1. The fourth-order valence-corrected chi connectivity index (χ4v) is 4.33. The van der Waals surface area contributed by atoms with Crippen molar-refractivity contribution in [3.63, 3.8) is 0 Å². The summed E-state index contributed by atoms with van der Waals surface area (Å²) in [5.74, 6) is -1.38. The number of pyridine rings is 1. The van der Waals surface area contributed by atoms with Crippen molar-refractivity contribution in [1.82, 2.24) is 4.98 Å². The number of rotatable bonds is 14. The zero-order chi connectivity index (χ0) is 26.7. The molecule has 0 aliphatic heterocycles. The molecule has 0 amide bonds. The zero-order valence-electron chi connectivity index (χ0n) is 22.0. The molecule has 1 heterocycles. The molecule has 1 aromatic carbocycles. The van der Waals surface area contributed by atoms with E-state index in [-0.39, 0.29) is 35.6 Å². The number of aromatic nitrogens is 1. The number of esters is 2. The highest BCUT2D eigenvalue weighted by atomic mass is 16.7. The van der Waals surface area contributed by atoms with Gasteiger partial charge in [0, 0.05) is 31.5 Å². The Labute approximate surface area is 213 Å². The molecule has 0 radical (unpaired) electrons. The summed E-state index contributed by atoms with van der Waals surface area (Å²) in [7, 11) is 1.42. The fourth-order valence-electron chi connectivity index (χ4n) is 4.33. The molecule has 2 aromatic rings. The van der Waals surface area contributed by atoms with Crippen LogP contribution in [0.5, 0.6) is 11.5 Å². The number of methoxy groups -OCH3 is 1. The van der Waals surface area contributed by atoms with Crippen molar-refractivity contribution in [3.05, 3.63) is 53.9 Å². The minimum Gasteiger partial charge on any atom is -0.493 e. The molecule has 0 aliphatic rings. The molecule has 196 valence electrons. The summed E-state index contributed by atoms with van der Waals surface area (Å²) in [6.45, 7) is 8.69. The maximum atomic E-state index is 13.1. The number of hydrogen-bond donors (Lipinski definition) is 0. The van der Waals surface area contributed by atoms with E-state index in [1.165, 1.54) is 26.3 Å². The molecule has 3 atom stereocenters. The summed E-state index contributed by atoms with van der Waals surface area (Å²) in [4.78, 5) is 41.3. The lowest BCUT2D eigenvalue weighted by Gasteiger charge is -2.31. The number of hydrogen-bond acceptors (Lipinski definition) is 8. The van der Waals surface area contributed by atoms with Crippen molar-refractivity contribution in [2.75, 3.05) is 13.9 Å². The number of ether oxygens (including phenoxy) is 4. The maximum absolute atomic E-state index is 13.1. The molecule has 1 unspecified atom stereocenters. The second-order valence-electron chi connectivity index (χ2n) is 8.77. The average molecular weight is 500 g/mol. The summed E-state index contributed by atoms with van der Waals surface area (Å²) in [5.41, 5.74) is 1.12. The lowest BCUT2D eigenvalue weighted by Crippen LogP contribution is -2.30. The summed E-state index contributed by atoms with van der Waals surface area (Å²) < 4.78 is 21.4. The third kappa shape index (κ3) is 7.80. The van der Waals surface area contributed by atoms with E-state index in [9.17, 15) is 14.4 Å². The SMILES string of the molecule is CCC(CC)[C@@H](c1ccccc1)C(C)OC(=O)[C@H](C)CC(=O)c1nccc(OC)c1OCOC(C)=O. The van der Waals surface area contributed by atoms with Crippen LogP contribution in [0.2, 0.25) is 0 Å². The van der Waals surface area contributed by atoms with Crippen molar-refractivity contribution in [2.24, 2.45) is 11.8 Å². The quantitative estimate of drug-likeness (QED) is 0.195. The van der Waals surface area contributed by atoms with E-state index < -0.39 is 30.4 Å². The number of benzene rings is 1. The van der Waals surface area contributed by atoms with Gasteiger partial charge in [0.1, 0.15) is 6.10 Å². The van der Waals surface area contributed by atoms with Gasteiger partial charge < -0.3 is 18.9 Å². The monoisotopic (exact) mass is 499 g/mol. The van der Waals surface area contributed by atoms with E-state index >= 15 is 0 Å². The summed E-state index contributed by atoms with van der Waals surface area (Å²) in [6, 6.07) is 11.6. The van der Waals surface area contributed by atoms with Crippen LogP contribution in [0.1, 0.15) is 75.9 Å². The van der Waals surface area contributed by atoms with Gasteiger partial charge in [-0.3, -0.25) is 14.4 Å². The Morgan fingerprint density at radius 3 is 2.25 bits per heavy atom. The van der Waals surface area contributed by atoms with Crippen molar-refractivity contribution >= 4 is 17.7 Å². The maximum Gasteiger partial charge on any atom is 0.309 e. The van der Waals surface area contributed by atoms with Crippen LogP contribution >= 0.6 is 0 Å². The van der Waals surface area contributed by atoms with E-state index in [1.54, 1.807) is 6.92 Å². The molecule has 0 fully saturated rings. The molecule has 0 bridgehead atoms. The minimum absolute atomic E-state index is 0.00612. The first-order valence-electron chi connectivity index (χ1n) is 12.3. The van der Waals surface area contributed by atoms with Gasteiger partial charge in [-0.1, -0.05) is 63.9 Å². The average Bonchev–Trinajstić information content (AvgIpc) is 2.87. The molecule has 0 N–H and O–H groups in total. The first kappa shape index (κ1) is 28.8. The molecule has 0 saturated carbocycles. The Hall–Kier alpha value is -3.42. The lowest BCUT2D eigenvalue weighted by atomic mass is 9.79. The van der Waals surface area contributed by atoms with E-state index in [1.807, 2.05) is 25.1 Å². The van der Waals surface area contributed by atoms with Crippen LogP contribution in [0.4, 0.5) is 0 Å². The van der Waals surface area contributed by atoms with E-state index in [0.717, 1.165) is 18.4 Å². The predicted octanol–water partition coefficient (Wildman–Crippen LogP) is 5.35. The lowest BCUT2D eigenvalue weighted by molar-refractivity contribution is -0.154. The highest BCUT2D eigenvalue weighted by molar-refractivity contribution is 5.99. The van der Waals surface area contributed by atoms with Gasteiger partial charge in [0.2, 0.25) is 6.79 Å². The molecule has 8 heteroatoms. The van der Waals surface area contributed by atoms with E-state index in [2.05, 4.69) is 31.0 Å². The third-order valence-corrected chi connectivity index (χ3v) is 6.26. The predicted molar refractivity (Wildman–Crippen MR) is 135 cm³/mol. The molecular weight excluding hydrogens is 462 g/mol. The molecule has 36 heavy (non-hydrogen) atoms. The van der Waals surface area contributed by atoms with Crippen LogP contribution in [0.25, 0.3) is 0 Å². The van der Waals surface area contributed by atoms with Gasteiger partial charge in [0.05, 0.1) is 13.0 Å². The van der Waals surface area contributed by atoms with Gasteiger partial charge >= 0.3 is 11.9 Å². The van der Waals surface area contributed by atoms with Crippen molar-refractivity contribution in [3.8, 4) is 11.5 Å². The smallest absolute Gasteiger partial charge is 0.309 e. The zero-order valence-corrected chi connectivity index (χ0v) is 22.0. The Morgan fingerprint density at radius 2 is 1.67 bits per heavy atom. The van der Waals surface area contributed by atoms with E-state index in [4.69, 9.17) is 18.9 Å². The third-order valence-electron chi connectivity index (χ3n) is 6.26. The van der Waals surface area contributed by atoms with Gasteiger partial charge in [-0.05, 0) is 18.4 Å². The molecule has 8 nitrogen and oxygen atoms in total. The Balaban J connectivity index is 2.14. The van der Waals surface area contributed by atoms with Crippen LogP contribution in [-0.2, 0) is 19.1 Å². The van der Waals surface area contributed by atoms with Gasteiger partial charge in [-0.25, -0.2) is 4.98 Å². The summed E-state index contributed by atoms with van der Waals surface area (Å²) in [6.07, 6.45) is 2.85. The largest absolute Gasteiger partial charge is 0.493 e. The first-order chi connectivity index (χ1) is 17.2. The topological polar surface area (TPSA) is 101 Å². The molecule has 1 aromatic heterocycles. The van der Waals surface area contributed by atoms with Crippen molar-refractivity contribution in [1.29, 1.82) is 0 Å². The number of carbonyl (C=O) groups excluding carboxylic acids is 3. The van der Waals surface area contributed by atoms with Gasteiger partial charge in [-0.15, -0.1) is 0 Å². The highest BCUT2D eigenvalue weighted by Gasteiger charge is 2.31. The number of Topliss-reactive ketones (excluding diaryl/α,β-unsaturated/α-hetero) is 1. The van der Waals surface area contributed by atoms with Crippen LogP contribution in [0, 0.1) is 11.8 Å². The molecule has 2 rings (SSSR count). The molecular formula is C28H37NO7. The van der Waals surface area contributed by atoms with Crippen molar-refractivity contribution < 1.29 is 33.3 Å². The fraction of sp³-hybridized carbons (Fsp3) is 0.500. The highest BCUT2D eigenvalue weighted by Crippen LogP contribution is 2.35. The van der Waals surface area contributed by atoms with Gasteiger partial charge in [0.25, 0.3) is 0 Å². The van der Waals surface area contributed by atoms with Crippen LogP contribution in [0.15, 0.2) is 42.6 Å². The second kappa shape index (κ2) is 14.2. The second-order valence-corrected chi connectivity index (χ2v) is 8.77. The molecule has 0 spiro atoms. The Morgan fingerprint density at radius 1 is 1.00 bits per heavy atom. The van der Waals surface area contributed by atoms with Crippen LogP contribution in [-0.4, -0.2) is 42.7 Å². The van der Waals surface area contributed by atoms with Crippen LogP contribution < -0.4 is 9.47 Å². The first-order valence-corrected chi connectivity index (χ1v) is 12.3. The number of ketones is 1. The normalized spacial score (nSPS) is 13.4. The summed E-state index contributed by atoms with van der Waals surface area (Å²) >= 11 is 0. The van der Waals surface area contributed by atoms with E-state index in [0.29, 0.717) is 5.92 Å². The standard InChI is InChI=1S/C28H37NO7/c1-7-21(8-2)25(22-12-10-9-11-13-22)19(4)36-28(32)18(3)16-23(31)26-27(35-17-34-20(5)30)24(33-6)14-15-29-26/h9-15,18-19,21,25H,7-8,16-17H2,1-6H3/t18-,19?,25+/m1/s1. The van der Waals surface area contributed by atoms with Gasteiger partial charge in [0.15, 0.2) is 23.0 Å². The Bertz CT molecular complexity index is 1000. The minimum atomic E-state index is -0.701. The molecule has 0 saturated heterocycles. The number of carbonyl (C=O) groups is 3. The van der Waals surface area contributed by atoms with Crippen molar-refractivity contribution in [2.45, 2.75) is 65.9 Å². The Kier molecular flexibility index (Phi) is 11.4.